The second kappa shape index (κ2) is 5.04. The summed E-state index contributed by atoms with van der Waals surface area (Å²) in [5.41, 5.74) is 1.02. The summed E-state index contributed by atoms with van der Waals surface area (Å²) in [6, 6.07) is 0. The van der Waals surface area contributed by atoms with E-state index in [1.54, 1.807) is 11.3 Å². The van der Waals surface area contributed by atoms with Crippen molar-refractivity contribution < 1.29 is 0 Å². The van der Waals surface area contributed by atoms with Crippen molar-refractivity contribution in [1.82, 2.24) is 20.3 Å². The number of imidazole rings is 1. The molecule has 0 spiro atoms. The molecule has 2 N–H and O–H groups in total. The van der Waals surface area contributed by atoms with Crippen LogP contribution in [-0.4, -0.2) is 28.5 Å². The van der Waals surface area contributed by atoms with E-state index in [2.05, 4.69) is 20.3 Å². The van der Waals surface area contributed by atoms with E-state index in [0.717, 1.165) is 35.9 Å². The fourth-order valence-corrected chi connectivity index (χ4v) is 1.99. The van der Waals surface area contributed by atoms with Gasteiger partial charge in [-0.25, -0.2) is 9.97 Å². The van der Waals surface area contributed by atoms with Crippen LogP contribution in [0.2, 0.25) is 0 Å². The number of H-pyrrole nitrogens is 1. The highest BCUT2D eigenvalue weighted by atomic mass is 32.1. The van der Waals surface area contributed by atoms with Crippen molar-refractivity contribution in [2.24, 2.45) is 0 Å². The number of aryl methyl sites for hydroxylation is 1. The minimum absolute atomic E-state index is 0.978. The zero-order chi connectivity index (χ0) is 10.5. The van der Waals surface area contributed by atoms with E-state index in [9.17, 15) is 0 Å². The quantitative estimate of drug-likeness (QED) is 0.757. The van der Waals surface area contributed by atoms with Crippen LogP contribution in [0.5, 0.6) is 0 Å². The summed E-state index contributed by atoms with van der Waals surface area (Å²) >= 11 is 1.62. The molecule has 0 saturated heterocycles. The van der Waals surface area contributed by atoms with Crippen LogP contribution in [0.3, 0.4) is 0 Å². The average Bonchev–Trinajstić information content (AvgIpc) is 2.87. The van der Waals surface area contributed by atoms with Crippen molar-refractivity contribution in [3.63, 3.8) is 0 Å². The molecule has 15 heavy (non-hydrogen) atoms. The number of nitrogens with one attached hydrogen (secondary N) is 2. The van der Waals surface area contributed by atoms with Crippen molar-refractivity contribution in [3.8, 4) is 10.7 Å². The molecule has 0 bridgehead atoms. The maximum absolute atomic E-state index is 4.33. The Hall–Kier alpha value is -1.20. The van der Waals surface area contributed by atoms with Gasteiger partial charge in [-0.15, -0.1) is 11.3 Å². The predicted octanol–water partition coefficient (Wildman–Crippen LogP) is 1.69. The zero-order valence-electron chi connectivity index (χ0n) is 8.66. The average molecular weight is 222 g/mol. The second-order valence-corrected chi connectivity index (χ2v) is 4.18. The number of rotatable bonds is 5. The molecule has 0 amide bonds. The molecule has 0 fully saturated rings. The smallest absolute Gasteiger partial charge is 0.141 e. The largest absolute Gasteiger partial charge is 0.340 e. The van der Waals surface area contributed by atoms with Gasteiger partial charge in [0, 0.05) is 18.0 Å². The Morgan fingerprint density at radius 3 is 3.13 bits per heavy atom. The fourth-order valence-electron chi connectivity index (χ4n) is 1.39. The molecule has 80 valence electrons. The summed E-state index contributed by atoms with van der Waals surface area (Å²) in [5, 5.41) is 6.09. The highest BCUT2D eigenvalue weighted by Crippen LogP contribution is 2.19. The normalized spacial score (nSPS) is 10.7. The van der Waals surface area contributed by atoms with Gasteiger partial charge in [-0.1, -0.05) is 0 Å². The first-order valence-corrected chi connectivity index (χ1v) is 5.86. The molecule has 4 nitrogen and oxygen atoms in total. The van der Waals surface area contributed by atoms with Crippen molar-refractivity contribution in [3.05, 3.63) is 23.6 Å². The lowest BCUT2D eigenvalue weighted by Crippen LogP contribution is -2.08. The topological polar surface area (TPSA) is 53.6 Å². The van der Waals surface area contributed by atoms with Crippen LogP contribution in [0.25, 0.3) is 10.7 Å². The summed E-state index contributed by atoms with van der Waals surface area (Å²) in [6.07, 6.45) is 5.74. The van der Waals surface area contributed by atoms with Gasteiger partial charge in [0.15, 0.2) is 0 Å². The van der Waals surface area contributed by atoms with E-state index < -0.39 is 0 Å². The SMILES string of the molecule is CNCCCc1ncc(-c2nccs2)[nH]1. The van der Waals surface area contributed by atoms with E-state index in [-0.39, 0.29) is 0 Å². The number of thiazole rings is 1. The van der Waals surface area contributed by atoms with Gasteiger partial charge < -0.3 is 10.3 Å². The molecule has 0 aromatic carbocycles. The van der Waals surface area contributed by atoms with Crippen LogP contribution in [0.4, 0.5) is 0 Å². The Morgan fingerprint density at radius 1 is 1.47 bits per heavy atom. The zero-order valence-corrected chi connectivity index (χ0v) is 9.47. The summed E-state index contributed by atoms with van der Waals surface area (Å²) in [5.74, 6) is 1.04. The molecule has 0 aliphatic heterocycles. The number of aromatic nitrogens is 3. The lowest BCUT2D eigenvalue weighted by molar-refractivity contribution is 0.707. The molecule has 0 aliphatic carbocycles. The lowest BCUT2D eigenvalue weighted by Gasteiger charge is -1.96. The Morgan fingerprint density at radius 2 is 2.40 bits per heavy atom. The van der Waals surface area contributed by atoms with Crippen LogP contribution in [0, 0.1) is 0 Å². The second-order valence-electron chi connectivity index (χ2n) is 3.29. The van der Waals surface area contributed by atoms with Crippen molar-refractivity contribution in [2.45, 2.75) is 12.8 Å². The summed E-state index contributed by atoms with van der Waals surface area (Å²) in [6.45, 7) is 1.02. The van der Waals surface area contributed by atoms with Crippen LogP contribution < -0.4 is 5.32 Å². The molecule has 2 aromatic rings. The molecular weight excluding hydrogens is 208 g/mol. The third-order valence-corrected chi connectivity index (χ3v) is 2.94. The number of aromatic amines is 1. The van der Waals surface area contributed by atoms with Gasteiger partial charge in [0.1, 0.15) is 10.8 Å². The van der Waals surface area contributed by atoms with Crippen molar-refractivity contribution >= 4 is 11.3 Å². The third kappa shape index (κ3) is 2.64. The fraction of sp³-hybridized carbons (Fsp3) is 0.400. The maximum atomic E-state index is 4.33. The van der Waals surface area contributed by atoms with Crippen LogP contribution in [0.1, 0.15) is 12.2 Å². The highest BCUT2D eigenvalue weighted by molar-refractivity contribution is 7.13. The van der Waals surface area contributed by atoms with Crippen LogP contribution in [-0.2, 0) is 6.42 Å². The predicted molar refractivity (Wildman–Crippen MR) is 61.9 cm³/mol. The van der Waals surface area contributed by atoms with Crippen molar-refractivity contribution in [1.29, 1.82) is 0 Å². The molecule has 0 aliphatic rings. The molecular formula is C10H14N4S. The summed E-state index contributed by atoms with van der Waals surface area (Å²) < 4.78 is 0. The number of hydrogen-bond donors (Lipinski definition) is 2. The van der Waals surface area contributed by atoms with E-state index in [4.69, 9.17) is 0 Å². The summed E-state index contributed by atoms with van der Waals surface area (Å²) in [7, 11) is 1.96. The Kier molecular flexibility index (Phi) is 3.47. The van der Waals surface area contributed by atoms with Crippen LogP contribution in [0.15, 0.2) is 17.8 Å². The monoisotopic (exact) mass is 222 g/mol. The molecule has 0 saturated carbocycles. The summed E-state index contributed by atoms with van der Waals surface area (Å²) in [4.78, 5) is 11.8. The van der Waals surface area contributed by atoms with Gasteiger partial charge in [-0.05, 0) is 20.0 Å². The molecule has 0 atom stereocenters. The molecule has 5 heteroatoms. The number of nitrogens with zero attached hydrogens (tertiary/aromatic N) is 2. The highest BCUT2D eigenvalue weighted by Gasteiger charge is 2.04. The molecule has 2 heterocycles. The number of hydrogen-bond acceptors (Lipinski definition) is 4. The van der Waals surface area contributed by atoms with Gasteiger partial charge in [0.05, 0.1) is 11.9 Å². The van der Waals surface area contributed by atoms with Crippen molar-refractivity contribution in [2.75, 3.05) is 13.6 Å². The van der Waals surface area contributed by atoms with Gasteiger partial charge in [-0.2, -0.15) is 0 Å². The van der Waals surface area contributed by atoms with E-state index in [1.165, 1.54) is 0 Å². The Balaban J connectivity index is 1.98. The first-order valence-electron chi connectivity index (χ1n) is 4.98. The first-order chi connectivity index (χ1) is 7.40. The molecule has 0 radical (unpaired) electrons. The first kappa shape index (κ1) is 10.3. The molecule has 0 unspecified atom stereocenters. The standard InChI is InChI=1S/C10H14N4S/c1-11-4-2-3-9-13-7-8(14-9)10-12-5-6-15-10/h5-7,11H,2-4H2,1H3,(H,13,14). The Bertz CT molecular complexity index is 393. The van der Waals surface area contributed by atoms with Gasteiger partial charge in [-0.3, -0.25) is 0 Å². The minimum atomic E-state index is 0.978. The minimum Gasteiger partial charge on any atom is -0.340 e. The van der Waals surface area contributed by atoms with Crippen LogP contribution >= 0.6 is 11.3 Å². The lowest BCUT2D eigenvalue weighted by atomic mass is 10.3. The van der Waals surface area contributed by atoms with E-state index >= 15 is 0 Å². The van der Waals surface area contributed by atoms with Gasteiger partial charge in [0.2, 0.25) is 0 Å². The van der Waals surface area contributed by atoms with Gasteiger partial charge in [0.25, 0.3) is 0 Å². The maximum Gasteiger partial charge on any atom is 0.141 e. The van der Waals surface area contributed by atoms with E-state index in [0.29, 0.717) is 0 Å². The Labute approximate surface area is 92.8 Å². The molecule has 2 rings (SSSR count). The third-order valence-electron chi connectivity index (χ3n) is 2.13. The molecule has 2 aromatic heterocycles. The van der Waals surface area contributed by atoms with E-state index in [1.807, 2.05) is 24.8 Å². The van der Waals surface area contributed by atoms with Gasteiger partial charge >= 0.3 is 0 Å².